The number of ether oxygens (including phenoxy) is 1. The molecule has 0 bridgehead atoms. The normalized spacial score (nSPS) is 11.7. The molecule has 2 rings (SSSR count). The second-order valence-electron chi connectivity index (χ2n) is 4.83. The molecule has 0 saturated heterocycles. The van der Waals surface area contributed by atoms with Crippen LogP contribution in [0.2, 0.25) is 0 Å². The number of nitrogens with one attached hydrogen (secondary N) is 1. The van der Waals surface area contributed by atoms with Crippen LogP contribution in [-0.4, -0.2) is 30.3 Å². The van der Waals surface area contributed by atoms with Crippen LogP contribution < -0.4 is 10.1 Å². The molecule has 1 amide bonds. The monoisotopic (exact) mass is 285 g/mol. The lowest BCUT2D eigenvalue weighted by Crippen LogP contribution is -2.38. The third kappa shape index (κ3) is 4.61. The van der Waals surface area contributed by atoms with Crippen LogP contribution in [-0.2, 0) is 4.79 Å². The average Bonchev–Trinajstić information content (AvgIpc) is 2.54. The summed E-state index contributed by atoms with van der Waals surface area (Å²) in [4.78, 5) is 11.5. The van der Waals surface area contributed by atoms with Crippen molar-refractivity contribution in [3.63, 3.8) is 0 Å². The highest BCUT2D eigenvalue weighted by atomic mass is 16.5. The van der Waals surface area contributed by atoms with E-state index in [0.717, 1.165) is 11.1 Å². The molecule has 4 heteroatoms. The summed E-state index contributed by atoms with van der Waals surface area (Å²) in [5.74, 6) is 0.394. The second kappa shape index (κ2) is 7.45. The van der Waals surface area contributed by atoms with Crippen molar-refractivity contribution in [1.29, 1.82) is 0 Å². The zero-order valence-electron chi connectivity index (χ0n) is 12.0. The van der Waals surface area contributed by atoms with Gasteiger partial charge in [-0.05, 0) is 30.2 Å². The van der Waals surface area contributed by atoms with Crippen molar-refractivity contribution in [1.82, 2.24) is 5.32 Å². The Bertz CT molecular complexity index is 566. The first-order valence-corrected chi connectivity index (χ1v) is 6.87. The van der Waals surface area contributed by atoms with Gasteiger partial charge >= 0.3 is 0 Å². The Kier molecular flexibility index (Phi) is 5.35. The minimum atomic E-state index is -0.262. The van der Waals surface area contributed by atoms with Gasteiger partial charge < -0.3 is 15.2 Å². The Hall–Kier alpha value is -2.33. The van der Waals surface area contributed by atoms with Crippen LogP contribution in [0.4, 0.5) is 0 Å². The molecule has 2 aromatic carbocycles. The lowest BCUT2D eigenvalue weighted by molar-refractivity contribution is -0.123. The summed E-state index contributed by atoms with van der Waals surface area (Å²) >= 11 is 0. The fourth-order valence-corrected chi connectivity index (χ4v) is 1.89. The van der Waals surface area contributed by atoms with E-state index in [4.69, 9.17) is 9.84 Å². The maximum atomic E-state index is 11.5. The van der Waals surface area contributed by atoms with Crippen molar-refractivity contribution >= 4 is 5.91 Å². The molecule has 21 heavy (non-hydrogen) atoms. The predicted molar refractivity (Wildman–Crippen MR) is 82.1 cm³/mol. The summed E-state index contributed by atoms with van der Waals surface area (Å²) < 4.78 is 5.41. The number of amides is 1. The van der Waals surface area contributed by atoms with Crippen LogP contribution in [0.5, 0.6) is 5.75 Å². The van der Waals surface area contributed by atoms with E-state index in [1.54, 1.807) is 6.92 Å². The largest absolute Gasteiger partial charge is 0.484 e. The predicted octanol–water partition coefficient (Wildman–Crippen LogP) is 2.23. The number of carbonyl (C=O) groups excluding carboxylic acids is 1. The fourth-order valence-electron chi connectivity index (χ4n) is 1.89. The molecule has 4 nitrogen and oxygen atoms in total. The van der Waals surface area contributed by atoms with Gasteiger partial charge in [-0.2, -0.15) is 0 Å². The van der Waals surface area contributed by atoms with E-state index in [0.29, 0.717) is 5.75 Å². The van der Waals surface area contributed by atoms with Crippen LogP contribution in [0.25, 0.3) is 11.1 Å². The quantitative estimate of drug-likeness (QED) is 0.855. The first kappa shape index (κ1) is 15.1. The van der Waals surface area contributed by atoms with Gasteiger partial charge in [0.2, 0.25) is 0 Å². The molecular formula is C17H19NO3. The van der Waals surface area contributed by atoms with Crippen LogP contribution in [0.3, 0.4) is 0 Å². The summed E-state index contributed by atoms with van der Waals surface area (Å²) in [7, 11) is 0. The number of hydrogen-bond donors (Lipinski definition) is 2. The molecule has 0 saturated carbocycles. The molecule has 0 aliphatic carbocycles. The Balaban J connectivity index is 1.90. The van der Waals surface area contributed by atoms with Crippen molar-refractivity contribution in [2.75, 3.05) is 13.2 Å². The standard InChI is InChI=1S/C17H19NO3/c1-13(11-19)18-17(20)12-21-16-9-7-15(8-10-16)14-5-3-2-4-6-14/h2-10,13,19H,11-12H2,1H3,(H,18,20)/t13-/m0/s1. The van der Waals surface area contributed by atoms with Gasteiger partial charge in [-0.15, -0.1) is 0 Å². The number of aliphatic hydroxyl groups excluding tert-OH is 1. The number of hydrogen-bond acceptors (Lipinski definition) is 3. The topological polar surface area (TPSA) is 58.6 Å². The van der Waals surface area contributed by atoms with Crippen LogP contribution in [0, 0.1) is 0 Å². The van der Waals surface area contributed by atoms with Gasteiger partial charge in [0, 0.05) is 6.04 Å². The average molecular weight is 285 g/mol. The van der Waals surface area contributed by atoms with Crippen LogP contribution in [0.1, 0.15) is 6.92 Å². The third-order valence-electron chi connectivity index (χ3n) is 3.01. The minimum Gasteiger partial charge on any atom is -0.484 e. The Morgan fingerprint density at radius 1 is 1.10 bits per heavy atom. The molecule has 0 heterocycles. The molecule has 0 aromatic heterocycles. The molecule has 110 valence electrons. The zero-order chi connectivity index (χ0) is 15.1. The lowest BCUT2D eigenvalue weighted by atomic mass is 10.1. The van der Waals surface area contributed by atoms with Crippen molar-refractivity contribution in [3.05, 3.63) is 54.6 Å². The van der Waals surface area contributed by atoms with Crippen molar-refractivity contribution in [2.24, 2.45) is 0 Å². The van der Waals surface area contributed by atoms with E-state index in [9.17, 15) is 4.79 Å². The van der Waals surface area contributed by atoms with E-state index in [2.05, 4.69) is 5.32 Å². The van der Waals surface area contributed by atoms with E-state index in [1.807, 2.05) is 54.6 Å². The maximum Gasteiger partial charge on any atom is 0.258 e. The number of benzene rings is 2. The maximum absolute atomic E-state index is 11.5. The minimum absolute atomic E-state index is 0.0605. The Morgan fingerprint density at radius 3 is 2.33 bits per heavy atom. The summed E-state index contributed by atoms with van der Waals surface area (Å²) in [6, 6.07) is 17.4. The van der Waals surface area contributed by atoms with Gasteiger partial charge in [-0.3, -0.25) is 4.79 Å². The highest BCUT2D eigenvalue weighted by Crippen LogP contribution is 2.21. The van der Waals surface area contributed by atoms with Gasteiger partial charge in [0.25, 0.3) is 5.91 Å². The highest BCUT2D eigenvalue weighted by molar-refractivity contribution is 5.77. The van der Waals surface area contributed by atoms with Gasteiger partial charge in [-0.25, -0.2) is 0 Å². The Labute approximate surface area is 124 Å². The summed E-state index contributed by atoms with van der Waals surface area (Å²) in [6.45, 7) is 1.58. The van der Waals surface area contributed by atoms with E-state index in [-0.39, 0.29) is 25.2 Å². The Morgan fingerprint density at radius 2 is 1.71 bits per heavy atom. The van der Waals surface area contributed by atoms with E-state index < -0.39 is 0 Å². The van der Waals surface area contributed by atoms with E-state index in [1.165, 1.54) is 0 Å². The van der Waals surface area contributed by atoms with Crippen molar-refractivity contribution in [3.8, 4) is 16.9 Å². The fraction of sp³-hybridized carbons (Fsp3) is 0.235. The van der Waals surface area contributed by atoms with Gasteiger partial charge in [0.05, 0.1) is 6.61 Å². The highest BCUT2D eigenvalue weighted by Gasteiger charge is 2.07. The molecule has 0 unspecified atom stereocenters. The number of carbonyl (C=O) groups is 1. The molecule has 0 aliphatic rings. The third-order valence-corrected chi connectivity index (χ3v) is 3.01. The summed E-state index contributed by atoms with van der Waals surface area (Å²) in [5, 5.41) is 11.5. The van der Waals surface area contributed by atoms with Gasteiger partial charge in [0.1, 0.15) is 5.75 Å². The van der Waals surface area contributed by atoms with Crippen LogP contribution >= 0.6 is 0 Å². The molecule has 2 N–H and O–H groups in total. The molecule has 2 aromatic rings. The van der Waals surface area contributed by atoms with Gasteiger partial charge in [-0.1, -0.05) is 42.5 Å². The molecule has 0 spiro atoms. The molecule has 0 aliphatic heterocycles. The molecule has 0 fully saturated rings. The molecule has 0 radical (unpaired) electrons. The lowest BCUT2D eigenvalue weighted by Gasteiger charge is -2.11. The summed E-state index contributed by atoms with van der Waals surface area (Å²) in [5.41, 5.74) is 2.24. The molecule has 1 atom stereocenters. The first-order valence-electron chi connectivity index (χ1n) is 6.87. The first-order chi connectivity index (χ1) is 10.2. The zero-order valence-corrected chi connectivity index (χ0v) is 12.0. The number of aliphatic hydroxyl groups is 1. The smallest absolute Gasteiger partial charge is 0.258 e. The second-order valence-corrected chi connectivity index (χ2v) is 4.83. The van der Waals surface area contributed by atoms with Gasteiger partial charge in [0.15, 0.2) is 6.61 Å². The summed E-state index contributed by atoms with van der Waals surface area (Å²) in [6.07, 6.45) is 0. The van der Waals surface area contributed by atoms with Crippen molar-refractivity contribution < 1.29 is 14.6 Å². The molecular weight excluding hydrogens is 266 g/mol. The van der Waals surface area contributed by atoms with Crippen molar-refractivity contribution in [2.45, 2.75) is 13.0 Å². The van der Waals surface area contributed by atoms with E-state index >= 15 is 0 Å². The SMILES string of the molecule is C[C@@H](CO)NC(=O)COc1ccc(-c2ccccc2)cc1. The number of rotatable bonds is 6. The van der Waals surface area contributed by atoms with Crippen LogP contribution in [0.15, 0.2) is 54.6 Å².